The van der Waals surface area contributed by atoms with E-state index in [-0.39, 0.29) is 29.9 Å². The van der Waals surface area contributed by atoms with Crippen LogP contribution in [0.15, 0.2) is 0 Å². The average Bonchev–Trinajstić information content (AvgIpc) is 2.25. The smallest absolute Gasteiger partial charge is 0.309 e. The average molecular weight is 255 g/mol. The van der Waals surface area contributed by atoms with E-state index in [4.69, 9.17) is 4.74 Å². The molecule has 104 valence electrons. The largest absolute Gasteiger partial charge is 0.469 e. The number of nitrogens with zero attached hydrogens (tertiary/aromatic N) is 1. The summed E-state index contributed by atoms with van der Waals surface area (Å²) in [6.45, 7) is 9.92. The monoisotopic (exact) mass is 255 g/mol. The Labute approximate surface area is 110 Å². The van der Waals surface area contributed by atoms with Crippen molar-refractivity contribution in [1.82, 2.24) is 4.90 Å². The van der Waals surface area contributed by atoms with Crippen LogP contribution in [-0.2, 0) is 14.3 Å². The highest BCUT2D eigenvalue weighted by atomic mass is 16.5. The third-order valence-electron chi connectivity index (χ3n) is 4.04. The van der Waals surface area contributed by atoms with Gasteiger partial charge >= 0.3 is 5.97 Å². The molecule has 0 aliphatic heterocycles. The van der Waals surface area contributed by atoms with E-state index in [1.54, 1.807) is 0 Å². The molecule has 1 aliphatic rings. The van der Waals surface area contributed by atoms with Crippen LogP contribution < -0.4 is 0 Å². The fourth-order valence-electron chi connectivity index (χ4n) is 2.86. The third-order valence-corrected chi connectivity index (χ3v) is 4.04. The Morgan fingerprint density at radius 3 is 2.00 bits per heavy atom. The zero-order valence-electron chi connectivity index (χ0n) is 12.3. The van der Waals surface area contributed by atoms with Gasteiger partial charge in [0.1, 0.15) is 0 Å². The van der Waals surface area contributed by atoms with Crippen LogP contribution >= 0.6 is 0 Å². The number of hydrogen-bond donors (Lipinski definition) is 0. The maximum Gasteiger partial charge on any atom is 0.309 e. The first-order valence-corrected chi connectivity index (χ1v) is 6.66. The van der Waals surface area contributed by atoms with Crippen LogP contribution in [0, 0.1) is 11.3 Å². The van der Waals surface area contributed by atoms with Crippen LogP contribution in [0.3, 0.4) is 0 Å². The molecule has 0 aromatic rings. The Balaban J connectivity index is 2.91. The number of esters is 1. The highest BCUT2D eigenvalue weighted by Gasteiger charge is 2.54. The summed E-state index contributed by atoms with van der Waals surface area (Å²) in [7, 11) is 1.38. The van der Waals surface area contributed by atoms with Crippen molar-refractivity contribution < 1.29 is 14.3 Å². The molecule has 2 atom stereocenters. The standard InChI is InChI=1S/C14H25NO3/c1-9(2)15(10(3)4)13(17)14(5)8-7-11(14)12(16)18-6/h9-11H,7-8H2,1-6H3/t11-,14-/m1/s1. The van der Waals surface area contributed by atoms with Gasteiger partial charge in [0.05, 0.1) is 18.4 Å². The second-order valence-electron chi connectivity index (χ2n) is 5.93. The van der Waals surface area contributed by atoms with Gasteiger partial charge in [-0.2, -0.15) is 0 Å². The third kappa shape index (κ3) is 2.38. The minimum Gasteiger partial charge on any atom is -0.469 e. The van der Waals surface area contributed by atoms with Crippen LogP contribution in [-0.4, -0.2) is 36.0 Å². The number of carbonyl (C=O) groups excluding carboxylic acids is 2. The molecule has 0 radical (unpaired) electrons. The molecule has 0 unspecified atom stereocenters. The molecule has 1 amide bonds. The molecular formula is C14H25NO3. The number of rotatable bonds is 4. The summed E-state index contributed by atoms with van der Waals surface area (Å²) in [4.78, 5) is 26.2. The van der Waals surface area contributed by atoms with Crippen molar-refractivity contribution >= 4 is 11.9 Å². The van der Waals surface area contributed by atoms with E-state index in [0.29, 0.717) is 0 Å². The van der Waals surface area contributed by atoms with E-state index in [0.717, 1.165) is 12.8 Å². The lowest BCUT2D eigenvalue weighted by Crippen LogP contribution is -2.57. The van der Waals surface area contributed by atoms with Crippen LogP contribution in [0.4, 0.5) is 0 Å². The first-order chi connectivity index (χ1) is 8.25. The molecular weight excluding hydrogens is 230 g/mol. The molecule has 4 heteroatoms. The molecule has 0 heterocycles. The molecule has 18 heavy (non-hydrogen) atoms. The number of amides is 1. The highest BCUT2D eigenvalue weighted by molar-refractivity contribution is 5.90. The van der Waals surface area contributed by atoms with Crippen LogP contribution in [0.25, 0.3) is 0 Å². The van der Waals surface area contributed by atoms with Crippen molar-refractivity contribution in [1.29, 1.82) is 0 Å². The van der Waals surface area contributed by atoms with Crippen LogP contribution in [0.1, 0.15) is 47.5 Å². The van der Waals surface area contributed by atoms with Crippen LogP contribution in [0.2, 0.25) is 0 Å². The van der Waals surface area contributed by atoms with Gasteiger partial charge in [-0.1, -0.05) is 0 Å². The number of hydrogen-bond acceptors (Lipinski definition) is 3. The summed E-state index contributed by atoms with van der Waals surface area (Å²) in [5.74, 6) is -0.464. The van der Waals surface area contributed by atoms with Gasteiger partial charge in [-0.05, 0) is 47.5 Å². The van der Waals surface area contributed by atoms with E-state index in [2.05, 4.69) is 0 Å². The Bertz CT molecular complexity index is 330. The van der Waals surface area contributed by atoms with Crippen molar-refractivity contribution in [3.63, 3.8) is 0 Å². The Hall–Kier alpha value is -1.06. The summed E-state index contributed by atoms with van der Waals surface area (Å²) in [5.41, 5.74) is -0.582. The van der Waals surface area contributed by atoms with Gasteiger partial charge < -0.3 is 9.64 Å². The summed E-state index contributed by atoms with van der Waals surface area (Å²) in [6, 6.07) is 0.293. The van der Waals surface area contributed by atoms with Crippen molar-refractivity contribution in [2.24, 2.45) is 11.3 Å². The minimum absolute atomic E-state index is 0.0779. The Kier molecular flexibility index (Phi) is 4.41. The van der Waals surface area contributed by atoms with E-state index in [1.807, 2.05) is 39.5 Å². The molecule has 0 N–H and O–H groups in total. The molecule has 1 fully saturated rings. The SMILES string of the molecule is COC(=O)[C@H]1CC[C@@]1(C)C(=O)N(C(C)C)C(C)C. The first kappa shape index (κ1) is 15.0. The predicted molar refractivity (Wildman–Crippen MR) is 70.0 cm³/mol. The number of ether oxygens (including phenoxy) is 1. The molecule has 0 aromatic carbocycles. The van der Waals surface area contributed by atoms with Gasteiger partial charge in [0, 0.05) is 12.1 Å². The summed E-state index contributed by atoms with van der Waals surface area (Å²) < 4.78 is 4.79. The minimum atomic E-state index is -0.582. The number of carbonyl (C=O) groups is 2. The molecule has 1 aliphatic carbocycles. The fraction of sp³-hybridized carbons (Fsp3) is 0.857. The van der Waals surface area contributed by atoms with E-state index >= 15 is 0 Å². The first-order valence-electron chi connectivity index (χ1n) is 6.66. The Morgan fingerprint density at radius 2 is 1.72 bits per heavy atom. The van der Waals surface area contributed by atoms with E-state index in [9.17, 15) is 9.59 Å². The zero-order chi connectivity index (χ0) is 14.1. The molecule has 0 aromatic heterocycles. The van der Waals surface area contributed by atoms with Crippen molar-refractivity contribution in [2.75, 3.05) is 7.11 Å². The van der Waals surface area contributed by atoms with Gasteiger partial charge in [0.25, 0.3) is 0 Å². The van der Waals surface area contributed by atoms with Crippen molar-refractivity contribution in [3.8, 4) is 0 Å². The maximum atomic E-state index is 12.7. The van der Waals surface area contributed by atoms with Gasteiger partial charge in [0.2, 0.25) is 5.91 Å². The fourth-order valence-corrected chi connectivity index (χ4v) is 2.86. The maximum absolute atomic E-state index is 12.7. The summed E-state index contributed by atoms with van der Waals surface area (Å²) in [6.07, 6.45) is 1.51. The number of methoxy groups -OCH3 is 1. The lowest BCUT2D eigenvalue weighted by atomic mass is 9.60. The van der Waals surface area contributed by atoms with Gasteiger partial charge in [-0.25, -0.2) is 0 Å². The molecule has 1 saturated carbocycles. The lowest BCUT2D eigenvalue weighted by Gasteiger charge is -2.48. The van der Waals surface area contributed by atoms with Gasteiger partial charge in [0.15, 0.2) is 0 Å². The second-order valence-corrected chi connectivity index (χ2v) is 5.93. The normalized spacial score (nSPS) is 27.0. The molecule has 0 saturated heterocycles. The van der Waals surface area contributed by atoms with Crippen molar-refractivity contribution in [3.05, 3.63) is 0 Å². The van der Waals surface area contributed by atoms with Crippen LogP contribution in [0.5, 0.6) is 0 Å². The Morgan fingerprint density at radius 1 is 1.22 bits per heavy atom. The van der Waals surface area contributed by atoms with E-state index < -0.39 is 5.41 Å². The molecule has 0 bridgehead atoms. The highest BCUT2D eigenvalue weighted by Crippen LogP contribution is 2.48. The quantitative estimate of drug-likeness (QED) is 0.724. The van der Waals surface area contributed by atoms with Gasteiger partial charge in [-0.3, -0.25) is 9.59 Å². The molecule has 1 rings (SSSR count). The second kappa shape index (κ2) is 5.29. The lowest BCUT2D eigenvalue weighted by molar-refractivity contribution is -0.171. The summed E-state index contributed by atoms with van der Waals surface area (Å²) >= 11 is 0. The molecule has 4 nitrogen and oxygen atoms in total. The van der Waals surface area contributed by atoms with E-state index in [1.165, 1.54) is 7.11 Å². The van der Waals surface area contributed by atoms with Gasteiger partial charge in [-0.15, -0.1) is 0 Å². The topological polar surface area (TPSA) is 46.6 Å². The molecule has 0 spiro atoms. The predicted octanol–water partition coefficient (Wildman–Crippen LogP) is 2.22. The zero-order valence-corrected chi connectivity index (χ0v) is 12.3. The summed E-state index contributed by atoms with van der Waals surface area (Å²) in [5, 5.41) is 0. The van der Waals surface area contributed by atoms with Crippen molar-refractivity contribution in [2.45, 2.75) is 59.5 Å².